The number of anilines is 1. The molecular formula is C15H18N2O. The molecule has 1 aromatic heterocycles. The molecule has 2 rings (SSSR count). The summed E-state index contributed by atoms with van der Waals surface area (Å²) in [6.07, 6.45) is 2.95. The van der Waals surface area contributed by atoms with Gasteiger partial charge >= 0.3 is 0 Å². The Hall–Kier alpha value is -2.03. The zero-order valence-electron chi connectivity index (χ0n) is 10.6. The van der Waals surface area contributed by atoms with E-state index in [1.807, 2.05) is 48.7 Å². The number of nitrogens with one attached hydrogen (secondary N) is 1. The lowest BCUT2D eigenvalue weighted by molar-refractivity contribution is 0.306. The molecule has 94 valence electrons. The van der Waals surface area contributed by atoms with Crippen molar-refractivity contribution in [2.75, 3.05) is 11.9 Å². The fourth-order valence-electron chi connectivity index (χ4n) is 1.55. The van der Waals surface area contributed by atoms with Gasteiger partial charge in [0.2, 0.25) is 0 Å². The van der Waals surface area contributed by atoms with E-state index in [2.05, 4.69) is 17.2 Å². The van der Waals surface area contributed by atoms with E-state index in [-0.39, 0.29) is 0 Å². The molecule has 0 atom stereocenters. The second-order valence-electron chi connectivity index (χ2n) is 4.08. The first-order chi connectivity index (χ1) is 8.88. The molecule has 3 nitrogen and oxygen atoms in total. The largest absolute Gasteiger partial charge is 0.489 e. The number of hydrogen-bond donors (Lipinski definition) is 1. The molecule has 0 fully saturated rings. The van der Waals surface area contributed by atoms with Crippen LogP contribution in [0.2, 0.25) is 0 Å². The molecule has 0 radical (unpaired) electrons. The van der Waals surface area contributed by atoms with Gasteiger partial charge in [-0.25, -0.2) is 4.98 Å². The minimum atomic E-state index is 0.547. The molecule has 0 unspecified atom stereocenters. The predicted molar refractivity (Wildman–Crippen MR) is 73.8 cm³/mol. The number of pyridine rings is 1. The lowest BCUT2D eigenvalue weighted by atomic mass is 10.3. The van der Waals surface area contributed by atoms with E-state index in [1.165, 1.54) is 0 Å². The van der Waals surface area contributed by atoms with Gasteiger partial charge in [0, 0.05) is 18.3 Å². The van der Waals surface area contributed by atoms with Crippen LogP contribution in [0.1, 0.15) is 18.9 Å². The Kier molecular flexibility index (Phi) is 4.59. The molecule has 0 spiro atoms. The van der Waals surface area contributed by atoms with Crippen LogP contribution in [0.3, 0.4) is 0 Å². The molecule has 2 aromatic rings. The van der Waals surface area contributed by atoms with Crippen molar-refractivity contribution in [3.05, 3.63) is 54.2 Å². The van der Waals surface area contributed by atoms with E-state index in [4.69, 9.17) is 4.74 Å². The molecule has 0 amide bonds. The minimum Gasteiger partial charge on any atom is -0.489 e. The molecule has 0 aliphatic carbocycles. The Bertz CT molecular complexity index is 454. The highest BCUT2D eigenvalue weighted by Crippen LogP contribution is 2.12. The highest BCUT2D eigenvalue weighted by atomic mass is 16.5. The Balaban J connectivity index is 1.86. The third-order valence-corrected chi connectivity index (χ3v) is 2.53. The molecular weight excluding hydrogens is 224 g/mol. The molecule has 18 heavy (non-hydrogen) atoms. The second-order valence-corrected chi connectivity index (χ2v) is 4.08. The van der Waals surface area contributed by atoms with E-state index >= 15 is 0 Å². The third-order valence-electron chi connectivity index (χ3n) is 2.53. The molecule has 0 saturated heterocycles. The van der Waals surface area contributed by atoms with Gasteiger partial charge in [0.15, 0.2) is 0 Å². The number of benzene rings is 1. The van der Waals surface area contributed by atoms with Crippen LogP contribution < -0.4 is 10.1 Å². The highest BCUT2D eigenvalue weighted by Gasteiger charge is 1.97. The summed E-state index contributed by atoms with van der Waals surface area (Å²) in [6, 6.07) is 13.8. The quantitative estimate of drug-likeness (QED) is 0.842. The molecule has 0 aliphatic rings. The van der Waals surface area contributed by atoms with E-state index < -0.39 is 0 Å². The van der Waals surface area contributed by atoms with Gasteiger partial charge in [-0.2, -0.15) is 0 Å². The fourth-order valence-corrected chi connectivity index (χ4v) is 1.55. The van der Waals surface area contributed by atoms with Crippen molar-refractivity contribution < 1.29 is 4.74 Å². The van der Waals surface area contributed by atoms with Crippen LogP contribution in [-0.2, 0) is 6.61 Å². The molecule has 0 bridgehead atoms. The van der Waals surface area contributed by atoms with Crippen LogP contribution >= 0.6 is 0 Å². The Morgan fingerprint density at radius 2 is 1.94 bits per heavy atom. The normalized spacial score (nSPS) is 10.1. The second kappa shape index (κ2) is 6.64. The van der Waals surface area contributed by atoms with Crippen molar-refractivity contribution in [1.82, 2.24) is 4.98 Å². The summed E-state index contributed by atoms with van der Waals surface area (Å²) in [7, 11) is 0. The monoisotopic (exact) mass is 242 g/mol. The topological polar surface area (TPSA) is 34.1 Å². The summed E-state index contributed by atoms with van der Waals surface area (Å²) in [5.41, 5.74) is 1.07. The summed E-state index contributed by atoms with van der Waals surface area (Å²) in [4.78, 5) is 4.34. The predicted octanol–water partition coefficient (Wildman–Crippen LogP) is 3.48. The van der Waals surface area contributed by atoms with Crippen molar-refractivity contribution in [2.24, 2.45) is 0 Å². The number of para-hydroxylation sites is 1. The third kappa shape index (κ3) is 3.77. The number of rotatable bonds is 6. The Morgan fingerprint density at radius 3 is 2.61 bits per heavy atom. The number of hydrogen-bond acceptors (Lipinski definition) is 3. The Labute approximate surface area is 108 Å². The van der Waals surface area contributed by atoms with Crippen molar-refractivity contribution in [3.8, 4) is 5.75 Å². The summed E-state index contributed by atoms with van der Waals surface area (Å²) in [5, 5.41) is 3.24. The van der Waals surface area contributed by atoms with E-state index in [9.17, 15) is 0 Å². The maximum absolute atomic E-state index is 5.65. The van der Waals surface area contributed by atoms with Gasteiger partial charge in [0.05, 0.1) is 0 Å². The van der Waals surface area contributed by atoms with Gasteiger partial charge in [-0.15, -0.1) is 0 Å². The van der Waals surface area contributed by atoms with E-state index in [0.29, 0.717) is 6.61 Å². The van der Waals surface area contributed by atoms with Gasteiger partial charge < -0.3 is 10.1 Å². The molecule has 3 heteroatoms. The molecule has 1 aromatic carbocycles. The fraction of sp³-hybridized carbons (Fsp3) is 0.267. The van der Waals surface area contributed by atoms with Crippen molar-refractivity contribution in [3.63, 3.8) is 0 Å². The summed E-state index contributed by atoms with van der Waals surface area (Å²) >= 11 is 0. The van der Waals surface area contributed by atoms with Gasteiger partial charge in [-0.05, 0) is 24.6 Å². The average Bonchev–Trinajstić information content (AvgIpc) is 2.45. The van der Waals surface area contributed by atoms with Crippen LogP contribution in [0.5, 0.6) is 5.75 Å². The van der Waals surface area contributed by atoms with Crippen LogP contribution in [0.4, 0.5) is 5.82 Å². The first-order valence-corrected chi connectivity index (χ1v) is 6.25. The number of nitrogens with zero attached hydrogens (tertiary/aromatic N) is 1. The van der Waals surface area contributed by atoms with Gasteiger partial charge in [0.1, 0.15) is 18.2 Å². The first kappa shape index (κ1) is 12.4. The maximum atomic E-state index is 5.65. The van der Waals surface area contributed by atoms with Crippen LogP contribution in [0, 0.1) is 0 Å². The molecule has 1 heterocycles. The summed E-state index contributed by atoms with van der Waals surface area (Å²) < 4.78 is 5.65. The van der Waals surface area contributed by atoms with Gasteiger partial charge in [0.25, 0.3) is 0 Å². The number of ether oxygens (including phenoxy) is 1. The first-order valence-electron chi connectivity index (χ1n) is 6.25. The van der Waals surface area contributed by atoms with Gasteiger partial charge in [-0.3, -0.25) is 0 Å². The summed E-state index contributed by atoms with van der Waals surface area (Å²) in [6.45, 7) is 3.63. The smallest absolute Gasteiger partial charge is 0.125 e. The van der Waals surface area contributed by atoms with Gasteiger partial charge in [-0.1, -0.05) is 31.2 Å². The van der Waals surface area contributed by atoms with E-state index in [1.54, 1.807) is 0 Å². The standard InChI is InChI=1S/C15H18N2O/c1-2-10-16-15-9-8-13(11-17-15)12-18-14-6-4-3-5-7-14/h3-9,11H,2,10,12H2,1H3,(H,16,17). The highest BCUT2D eigenvalue weighted by molar-refractivity contribution is 5.35. The molecule has 0 aliphatic heterocycles. The molecule has 1 N–H and O–H groups in total. The summed E-state index contributed by atoms with van der Waals surface area (Å²) in [5.74, 6) is 1.80. The molecule has 0 saturated carbocycles. The Morgan fingerprint density at radius 1 is 1.11 bits per heavy atom. The zero-order chi connectivity index (χ0) is 12.6. The zero-order valence-corrected chi connectivity index (χ0v) is 10.6. The van der Waals surface area contributed by atoms with Crippen molar-refractivity contribution >= 4 is 5.82 Å². The SMILES string of the molecule is CCCNc1ccc(COc2ccccc2)cn1. The van der Waals surface area contributed by atoms with Crippen molar-refractivity contribution in [2.45, 2.75) is 20.0 Å². The van der Waals surface area contributed by atoms with Crippen LogP contribution in [0.25, 0.3) is 0 Å². The lowest BCUT2D eigenvalue weighted by Crippen LogP contribution is -2.02. The van der Waals surface area contributed by atoms with Crippen LogP contribution in [-0.4, -0.2) is 11.5 Å². The average molecular weight is 242 g/mol. The number of aromatic nitrogens is 1. The lowest BCUT2D eigenvalue weighted by Gasteiger charge is -2.07. The minimum absolute atomic E-state index is 0.547. The van der Waals surface area contributed by atoms with Crippen LogP contribution in [0.15, 0.2) is 48.7 Å². The van der Waals surface area contributed by atoms with Crippen molar-refractivity contribution in [1.29, 1.82) is 0 Å². The maximum Gasteiger partial charge on any atom is 0.125 e. The van der Waals surface area contributed by atoms with E-state index in [0.717, 1.165) is 30.1 Å².